The molecule has 0 saturated heterocycles. The minimum Gasteiger partial charge on any atom is -0.355 e. The molecule has 53 valence electrons. The van der Waals surface area contributed by atoms with Gasteiger partial charge in [-0.1, -0.05) is 13.3 Å². The number of unbranched alkanes of at least 4 members (excludes halogenated alkanes) is 1. The van der Waals surface area contributed by atoms with Gasteiger partial charge in [0.05, 0.1) is 6.54 Å². The summed E-state index contributed by atoms with van der Waals surface area (Å²) in [6.07, 6.45) is 1.77. The number of nitrogens with one attached hydrogen (secondary N) is 1. The first-order chi connectivity index (χ1) is 4.31. The summed E-state index contributed by atoms with van der Waals surface area (Å²) in [5.74, 6) is -0.0940. The molecule has 0 aliphatic carbocycles. The van der Waals surface area contributed by atoms with E-state index in [4.69, 9.17) is 5.73 Å². The third kappa shape index (κ3) is 5.30. The number of carbonyl (C=O) groups is 1. The molecule has 0 fully saturated rings. The second-order valence-electron chi connectivity index (χ2n) is 1.76. The second-order valence-corrected chi connectivity index (χ2v) is 1.76. The fourth-order valence-corrected chi connectivity index (χ4v) is 0.425. The van der Waals surface area contributed by atoms with E-state index in [9.17, 15) is 4.79 Å². The van der Waals surface area contributed by atoms with E-state index in [0.29, 0.717) is 6.54 Å². The van der Waals surface area contributed by atoms with Crippen molar-refractivity contribution in [2.24, 2.45) is 5.73 Å². The molecule has 1 radical (unpaired) electrons. The van der Waals surface area contributed by atoms with Gasteiger partial charge >= 0.3 is 0 Å². The van der Waals surface area contributed by atoms with Crippen LogP contribution in [0.15, 0.2) is 0 Å². The number of hydrogen-bond donors (Lipinski definition) is 2. The summed E-state index contributed by atoms with van der Waals surface area (Å²) in [6, 6.07) is 0. The van der Waals surface area contributed by atoms with Crippen molar-refractivity contribution >= 4 is 5.91 Å². The number of hydrogen-bond acceptors (Lipinski definition) is 2. The standard InChI is InChI=1S/C6H13N2O/c1-2-3-4-8-6(9)5-7/h1-5,7H2,(H,8,9). The molecule has 0 bridgehead atoms. The van der Waals surface area contributed by atoms with Crippen molar-refractivity contribution in [3.8, 4) is 0 Å². The van der Waals surface area contributed by atoms with Crippen LogP contribution >= 0.6 is 0 Å². The molecular formula is C6H13N2O. The van der Waals surface area contributed by atoms with E-state index >= 15 is 0 Å². The number of nitrogens with two attached hydrogens (primary N) is 1. The first kappa shape index (κ1) is 8.43. The SMILES string of the molecule is [CH2]CCCNC(=O)CN. The van der Waals surface area contributed by atoms with Crippen molar-refractivity contribution in [3.63, 3.8) is 0 Å². The van der Waals surface area contributed by atoms with Gasteiger partial charge in [0.1, 0.15) is 0 Å². The second kappa shape index (κ2) is 5.56. The molecule has 0 unspecified atom stereocenters. The van der Waals surface area contributed by atoms with Crippen molar-refractivity contribution < 1.29 is 4.79 Å². The van der Waals surface area contributed by atoms with Crippen LogP contribution in [0, 0.1) is 6.92 Å². The van der Waals surface area contributed by atoms with Crippen LogP contribution in [0.4, 0.5) is 0 Å². The third-order valence-electron chi connectivity index (χ3n) is 0.934. The lowest BCUT2D eigenvalue weighted by Crippen LogP contribution is -2.30. The Morgan fingerprint density at radius 3 is 2.78 bits per heavy atom. The Balaban J connectivity index is 2.97. The Hall–Kier alpha value is -0.570. The van der Waals surface area contributed by atoms with Gasteiger partial charge in [-0.25, -0.2) is 0 Å². The monoisotopic (exact) mass is 129 g/mol. The third-order valence-corrected chi connectivity index (χ3v) is 0.934. The van der Waals surface area contributed by atoms with Gasteiger partial charge < -0.3 is 11.1 Å². The highest BCUT2D eigenvalue weighted by molar-refractivity contribution is 5.77. The zero-order valence-corrected chi connectivity index (χ0v) is 5.52. The predicted molar refractivity (Wildman–Crippen MR) is 36.7 cm³/mol. The first-order valence-corrected chi connectivity index (χ1v) is 3.07. The maximum atomic E-state index is 10.4. The van der Waals surface area contributed by atoms with Crippen molar-refractivity contribution in [1.82, 2.24) is 5.32 Å². The van der Waals surface area contributed by atoms with Crippen LogP contribution < -0.4 is 11.1 Å². The zero-order chi connectivity index (χ0) is 7.11. The smallest absolute Gasteiger partial charge is 0.233 e. The van der Waals surface area contributed by atoms with Crippen molar-refractivity contribution in [1.29, 1.82) is 0 Å². The topological polar surface area (TPSA) is 55.1 Å². The molecule has 9 heavy (non-hydrogen) atoms. The molecule has 1 amide bonds. The number of rotatable bonds is 4. The Kier molecular flexibility index (Phi) is 5.21. The molecule has 3 nitrogen and oxygen atoms in total. The summed E-state index contributed by atoms with van der Waals surface area (Å²) in [6.45, 7) is 4.40. The van der Waals surface area contributed by atoms with Crippen LogP contribution in [0.3, 0.4) is 0 Å². The molecule has 0 aromatic heterocycles. The van der Waals surface area contributed by atoms with E-state index < -0.39 is 0 Å². The van der Waals surface area contributed by atoms with Crippen LogP contribution in [0.1, 0.15) is 12.8 Å². The summed E-state index contributed by atoms with van der Waals surface area (Å²) >= 11 is 0. The van der Waals surface area contributed by atoms with E-state index in [2.05, 4.69) is 12.2 Å². The summed E-state index contributed by atoms with van der Waals surface area (Å²) < 4.78 is 0. The van der Waals surface area contributed by atoms with Gasteiger partial charge in [0.25, 0.3) is 0 Å². The molecule has 0 aromatic rings. The molecule has 0 atom stereocenters. The van der Waals surface area contributed by atoms with Gasteiger partial charge in [0.15, 0.2) is 0 Å². The van der Waals surface area contributed by atoms with Gasteiger partial charge in [-0.3, -0.25) is 4.79 Å². The highest BCUT2D eigenvalue weighted by Crippen LogP contribution is 1.80. The minimum absolute atomic E-state index is 0.0805. The normalized spacial score (nSPS) is 9.11. The Morgan fingerprint density at radius 2 is 2.33 bits per heavy atom. The van der Waals surface area contributed by atoms with Crippen molar-refractivity contribution in [2.45, 2.75) is 12.8 Å². The van der Waals surface area contributed by atoms with Crippen LogP contribution in [0.5, 0.6) is 0 Å². The van der Waals surface area contributed by atoms with Gasteiger partial charge in [-0.15, -0.1) is 0 Å². The van der Waals surface area contributed by atoms with Crippen LogP contribution in [-0.4, -0.2) is 19.0 Å². The molecule has 0 aliphatic rings. The lowest BCUT2D eigenvalue weighted by atomic mass is 10.3. The summed E-state index contributed by atoms with van der Waals surface area (Å²) in [5.41, 5.74) is 5.03. The Morgan fingerprint density at radius 1 is 1.67 bits per heavy atom. The maximum absolute atomic E-state index is 10.4. The van der Waals surface area contributed by atoms with E-state index in [-0.39, 0.29) is 12.5 Å². The van der Waals surface area contributed by atoms with Gasteiger partial charge in [-0.2, -0.15) is 0 Å². The highest BCUT2D eigenvalue weighted by Gasteiger charge is 1.92. The fraction of sp³-hybridized carbons (Fsp3) is 0.667. The quantitative estimate of drug-likeness (QED) is 0.511. The minimum atomic E-state index is -0.0940. The molecule has 0 heterocycles. The molecular weight excluding hydrogens is 116 g/mol. The largest absolute Gasteiger partial charge is 0.355 e. The van der Waals surface area contributed by atoms with Gasteiger partial charge in [0.2, 0.25) is 5.91 Å². The first-order valence-electron chi connectivity index (χ1n) is 3.07. The lowest BCUT2D eigenvalue weighted by Gasteiger charge is -1.99. The van der Waals surface area contributed by atoms with Crippen molar-refractivity contribution in [2.75, 3.05) is 13.1 Å². The van der Waals surface area contributed by atoms with Crippen LogP contribution in [0.25, 0.3) is 0 Å². The molecule has 0 saturated carbocycles. The molecule has 0 rings (SSSR count). The molecule has 3 N–H and O–H groups in total. The highest BCUT2D eigenvalue weighted by atomic mass is 16.1. The summed E-state index contributed by atoms with van der Waals surface area (Å²) in [7, 11) is 0. The molecule has 0 aliphatic heterocycles. The van der Waals surface area contributed by atoms with E-state index in [1.54, 1.807) is 0 Å². The Labute approximate surface area is 55.6 Å². The van der Waals surface area contributed by atoms with Crippen LogP contribution in [-0.2, 0) is 4.79 Å². The fourth-order valence-electron chi connectivity index (χ4n) is 0.425. The van der Waals surface area contributed by atoms with E-state index in [1.807, 2.05) is 0 Å². The zero-order valence-electron chi connectivity index (χ0n) is 5.52. The average molecular weight is 129 g/mol. The number of carbonyl (C=O) groups excluding carboxylic acids is 1. The van der Waals surface area contributed by atoms with E-state index in [0.717, 1.165) is 12.8 Å². The van der Waals surface area contributed by atoms with Gasteiger partial charge in [-0.05, 0) is 6.42 Å². The molecule has 0 spiro atoms. The predicted octanol–water partition coefficient (Wildman–Crippen LogP) is -0.324. The maximum Gasteiger partial charge on any atom is 0.233 e. The average Bonchev–Trinajstić information content (AvgIpc) is 1.89. The van der Waals surface area contributed by atoms with E-state index in [1.165, 1.54) is 0 Å². The lowest BCUT2D eigenvalue weighted by molar-refractivity contribution is -0.119. The molecule has 0 aromatic carbocycles. The number of amides is 1. The Bertz CT molecular complexity index is 83.1. The molecule has 3 heteroatoms. The van der Waals surface area contributed by atoms with Crippen LogP contribution in [0.2, 0.25) is 0 Å². The van der Waals surface area contributed by atoms with Crippen molar-refractivity contribution in [3.05, 3.63) is 6.92 Å². The summed E-state index contributed by atoms with van der Waals surface area (Å²) in [5, 5.41) is 2.63. The van der Waals surface area contributed by atoms with Gasteiger partial charge in [0, 0.05) is 6.54 Å². The summed E-state index contributed by atoms with van der Waals surface area (Å²) in [4.78, 5) is 10.4.